The first kappa shape index (κ1) is 10.6. The molecule has 74 valence electrons. The lowest BCUT2D eigenvalue weighted by atomic mass is 10.0. The van der Waals surface area contributed by atoms with Crippen LogP contribution < -0.4 is 0 Å². The van der Waals surface area contributed by atoms with Crippen molar-refractivity contribution in [2.75, 3.05) is 0 Å². The lowest BCUT2D eigenvalue weighted by molar-refractivity contribution is 0.0215. The standard InChI is InChI=1S/C10H12N2O2/c1-7-6-8(3-5-12-7)10(14)9(13)2-4-11/h3,5-6,9-10,13-14H,2H2,1H3. The molecular weight excluding hydrogens is 180 g/mol. The summed E-state index contributed by atoms with van der Waals surface area (Å²) in [6.07, 6.45) is -0.576. The molecular formula is C10H12N2O2. The van der Waals surface area contributed by atoms with E-state index >= 15 is 0 Å². The summed E-state index contributed by atoms with van der Waals surface area (Å²) in [6, 6.07) is 5.12. The van der Waals surface area contributed by atoms with Gasteiger partial charge >= 0.3 is 0 Å². The molecule has 14 heavy (non-hydrogen) atoms. The highest BCUT2D eigenvalue weighted by atomic mass is 16.3. The van der Waals surface area contributed by atoms with Crippen LogP contribution in [0, 0.1) is 18.3 Å². The van der Waals surface area contributed by atoms with Crippen LogP contribution in [0.1, 0.15) is 23.8 Å². The van der Waals surface area contributed by atoms with E-state index in [1.54, 1.807) is 25.3 Å². The quantitative estimate of drug-likeness (QED) is 0.739. The van der Waals surface area contributed by atoms with E-state index in [2.05, 4.69) is 4.98 Å². The lowest BCUT2D eigenvalue weighted by Gasteiger charge is -2.15. The summed E-state index contributed by atoms with van der Waals surface area (Å²) in [4.78, 5) is 3.97. The molecule has 2 atom stereocenters. The summed E-state index contributed by atoms with van der Waals surface area (Å²) in [6.45, 7) is 1.80. The molecule has 1 rings (SSSR count). The van der Waals surface area contributed by atoms with Gasteiger partial charge < -0.3 is 10.2 Å². The summed E-state index contributed by atoms with van der Waals surface area (Å²) in [5.74, 6) is 0. The number of hydrogen-bond donors (Lipinski definition) is 2. The van der Waals surface area contributed by atoms with Crippen LogP contribution in [-0.4, -0.2) is 21.3 Å². The van der Waals surface area contributed by atoms with Crippen LogP contribution in [-0.2, 0) is 0 Å². The molecule has 0 saturated heterocycles. The zero-order valence-corrected chi connectivity index (χ0v) is 7.88. The molecule has 4 nitrogen and oxygen atoms in total. The summed E-state index contributed by atoms with van der Waals surface area (Å²) < 4.78 is 0. The van der Waals surface area contributed by atoms with E-state index in [0.717, 1.165) is 5.69 Å². The van der Waals surface area contributed by atoms with Gasteiger partial charge in [-0.25, -0.2) is 0 Å². The van der Waals surface area contributed by atoms with Gasteiger partial charge in [-0.2, -0.15) is 5.26 Å². The Bertz CT molecular complexity index is 346. The van der Waals surface area contributed by atoms with Gasteiger partial charge in [0, 0.05) is 11.9 Å². The van der Waals surface area contributed by atoms with Crippen LogP contribution in [0.4, 0.5) is 0 Å². The number of aryl methyl sites for hydroxylation is 1. The maximum absolute atomic E-state index is 9.62. The third-order valence-corrected chi connectivity index (χ3v) is 1.93. The molecule has 0 bridgehead atoms. The minimum atomic E-state index is -1.04. The number of aliphatic hydroxyl groups excluding tert-OH is 2. The fourth-order valence-electron chi connectivity index (χ4n) is 1.18. The van der Waals surface area contributed by atoms with Gasteiger partial charge in [0.05, 0.1) is 18.6 Å². The molecule has 0 amide bonds. The van der Waals surface area contributed by atoms with Crippen LogP contribution in [0.25, 0.3) is 0 Å². The van der Waals surface area contributed by atoms with Gasteiger partial charge in [-0.1, -0.05) is 0 Å². The number of nitrogens with zero attached hydrogens (tertiary/aromatic N) is 2. The normalized spacial score (nSPS) is 14.4. The monoisotopic (exact) mass is 192 g/mol. The molecule has 4 heteroatoms. The van der Waals surface area contributed by atoms with E-state index in [4.69, 9.17) is 5.26 Å². The van der Waals surface area contributed by atoms with Gasteiger partial charge in [0.25, 0.3) is 0 Å². The predicted molar refractivity (Wildman–Crippen MR) is 50.2 cm³/mol. The van der Waals surface area contributed by atoms with Crippen molar-refractivity contribution in [2.45, 2.75) is 25.6 Å². The van der Waals surface area contributed by atoms with E-state index in [-0.39, 0.29) is 6.42 Å². The van der Waals surface area contributed by atoms with Crippen molar-refractivity contribution in [1.82, 2.24) is 4.98 Å². The van der Waals surface area contributed by atoms with E-state index in [0.29, 0.717) is 5.56 Å². The molecule has 1 aromatic heterocycles. The molecule has 1 aromatic rings. The first-order valence-electron chi connectivity index (χ1n) is 4.30. The summed E-state index contributed by atoms with van der Waals surface area (Å²) >= 11 is 0. The van der Waals surface area contributed by atoms with Gasteiger partial charge in [0.1, 0.15) is 6.10 Å². The first-order valence-corrected chi connectivity index (χ1v) is 4.30. The summed E-state index contributed by atoms with van der Waals surface area (Å²) in [7, 11) is 0. The van der Waals surface area contributed by atoms with E-state index in [1.807, 2.05) is 6.07 Å². The Kier molecular flexibility index (Phi) is 3.57. The number of pyridine rings is 1. The molecule has 0 saturated carbocycles. The van der Waals surface area contributed by atoms with E-state index in [9.17, 15) is 10.2 Å². The average Bonchev–Trinajstić information content (AvgIpc) is 2.17. The zero-order chi connectivity index (χ0) is 10.6. The first-order chi connectivity index (χ1) is 6.65. The Labute approximate surface area is 82.5 Å². The predicted octanol–water partition coefficient (Wildman–Crippen LogP) is 0.698. The van der Waals surface area contributed by atoms with Crippen LogP contribution >= 0.6 is 0 Å². The van der Waals surface area contributed by atoms with Gasteiger partial charge in [0.2, 0.25) is 0 Å². The van der Waals surface area contributed by atoms with Crippen molar-refractivity contribution in [2.24, 2.45) is 0 Å². The topological polar surface area (TPSA) is 77.1 Å². The van der Waals surface area contributed by atoms with Crippen molar-refractivity contribution >= 4 is 0 Å². The molecule has 0 radical (unpaired) electrons. The zero-order valence-electron chi connectivity index (χ0n) is 7.88. The second-order valence-electron chi connectivity index (χ2n) is 3.10. The van der Waals surface area contributed by atoms with Crippen molar-refractivity contribution in [3.63, 3.8) is 0 Å². The van der Waals surface area contributed by atoms with Crippen LogP contribution in [0.5, 0.6) is 0 Å². The molecule has 2 N–H and O–H groups in total. The molecule has 0 fully saturated rings. The number of aromatic nitrogens is 1. The fraction of sp³-hybridized carbons (Fsp3) is 0.400. The maximum atomic E-state index is 9.62. The molecule has 0 aliphatic carbocycles. The fourth-order valence-corrected chi connectivity index (χ4v) is 1.18. The maximum Gasteiger partial charge on any atom is 0.106 e. The molecule has 0 spiro atoms. The molecule has 0 aliphatic rings. The second kappa shape index (κ2) is 4.70. The minimum Gasteiger partial charge on any atom is -0.389 e. The highest BCUT2D eigenvalue weighted by molar-refractivity contribution is 5.19. The Morgan fingerprint density at radius 2 is 2.29 bits per heavy atom. The van der Waals surface area contributed by atoms with Crippen LogP contribution in [0.15, 0.2) is 18.3 Å². The number of aliphatic hydroxyl groups is 2. The Hall–Kier alpha value is -1.44. The summed E-state index contributed by atoms with van der Waals surface area (Å²) in [5, 5.41) is 27.3. The van der Waals surface area contributed by atoms with Crippen LogP contribution in [0.3, 0.4) is 0 Å². The van der Waals surface area contributed by atoms with E-state index < -0.39 is 12.2 Å². The van der Waals surface area contributed by atoms with E-state index in [1.165, 1.54) is 0 Å². The van der Waals surface area contributed by atoms with Crippen molar-refractivity contribution in [3.8, 4) is 6.07 Å². The van der Waals surface area contributed by atoms with Gasteiger partial charge in [-0.05, 0) is 24.6 Å². The largest absolute Gasteiger partial charge is 0.389 e. The van der Waals surface area contributed by atoms with Crippen LogP contribution in [0.2, 0.25) is 0 Å². The number of rotatable bonds is 3. The van der Waals surface area contributed by atoms with Gasteiger partial charge in [-0.15, -0.1) is 0 Å². The number of hydrogen-bond acceptors (Lipinski definition) is 4. The van der Waals surface area contributed by atoms with Crippen molar-refractivity contribution < 1.29 is 10.2 Å². The average molecular weight is 192 g/mol. The van der Waals surface area contributed by atoms with Gasteiger partial charge in [-0.3, -0.25) is 4.98 Å². The SMILES string of the molecule is Cc1cc(C(O)C(O)CC#N)ccn1. The minimum absolute atomic E-state index is 0.0808. The smallest absolute Gasteiger partial charge is 0.106 e. The molecule has 0 aromatic carbocycles. The third-order valence-electron chi connectivity index (χ3n) is 1.93. The summed E-state index contributed by atoms with van der Waals surface area (Å²) in [5.41, 5.74) is 1.35. The second-order valence-corrected chi connectivity index (χ2v) is 3.10. The molecule has 2 unspecified atom stereocenters. The van der Waals surface area contributed by atoms with Crippen molar-refractivity contribution in [1.29, 1.82) is 5.26 Å². The molecule has 0 aliphatic heterocycles. The highest BCUT2D eigenvalue weighted by Gasteiger charge is 2.17. The highest BCUT2D eigenvalue weighted by Crippen LogP contribution is 2.18. The lowest BCUT2D eigenvalue weighted by Crippen LogP contribution is -2.17. The van der Waals surface area contributed by atoms with Gasteiger partial charge in [0.15, 0.2) is 0 Å². The Morgan fingerprint density at radius 1 is 1.57 bits per heavy atom. The third kappa shape index (κ3) is 2.52. The van der Waals surface area contributed by atoms with Crippen molar-refractivity contribution in [3.05, 3.63) is 29.6 Å². The Balaban J connectivity index is 2.79. The molecule has 1 heterocycles. The Morgan fingerprint density at radius 3 is 2.86 bits per heavy atom. The number of nitriles is 1.